The van der Waals surface area contributed by atoms with E-state index in [0.717, 1.165) is 10.8 Å². The van der Waals surface area contributed by atoms with Crippen molar-refractivity contribution in [1.29, 1.82) is 0 Å². The molecule has 1 aliphatic rings. The molecular formula is C26H26ClF5N10O2. The maximum absolute atomic E-state index is 13.4. The minimum atomic E-state index is -4.67. The number of imidazole rings is 1. The molecule has 234 valence electrons. The number of aryl methyl sites for hydroxylation is 2. The summed E-state index contributed by atoms with van der Waals surface area (Å²) in [6.07, 6.45) is 1.12. The molecule has 4 aromatic rings. The monoisotopic (exact) mass is 640 g/mol. The van der Waals surface area contributed by atoms with E-state index in [4.69, 9.17) is 22.1 Å². The van der Waals surface area contributed by atoms with Crippen LogP contribution in [0.15, 0.2) is 41.8 Å². The number of pyridine rings is 2. The molecule has 0 spiro atoms. The van der Waals surface area contributed by atoms with E-state index in [9.17, 15) is 26.7 Å². The fourth-order valence-electron chi connectivity index (χ4n) is 4.55. The number of nitrogens with one attached hydrogen (secondary N) is 2. The van der Waals surface area contributed by atoms with Crippen molar-refractivity contribution >= 4 is 46.0 Å². The fourth-order valence-corrected chi connectivity index (χ4v) is 4.85. The second-order valence-corrected chi connectivity index (χ2v) is 10.4. The van der Waals surface area contributed by atoms with Gasteiger partial charge in [0, 0.05) is 52.5 Å². The highest BCUT2D eigenvalue weighted by Gasteiger charge is 2.37. The maximum atomic E-state index is 13.4. The van der Waals surface area contributed by atoms with E-state index in [0.29, 0.717) is 37.7 Å². The van der Waals surface area contributed by atoms with E-state index >= 15 is 0 Å². The van der Waals surface area contributed by atoms with Gasteiger partial charge >= 0.3 is 6.18 Å². The smallest absolute Gasteiger partial charge is 0.417 e. The number of hydrogen-bond acceptors (Lipinski definition) is 10. The first kappa shape index (κ1) is 30.9. The first-order valence-corrected chi connectivity index (χ1v) is 13.5. The molecule has 12 nitrogen and oxygen atoms in total. The molecule has 0 aliphatic carbocycles. The van der Waals surface area contributed by atoms with Gasteiger partial charge in [-0.1, -0.05) is 11.6 Å². The quantitative estimate of drug-likeness (QED) is 0.182. The van der Waals surface area contributed by atoms with Gasteiger partial charge < -0.3 is 30.2 Å². The third-order valence-corrected chi connectivity index (χ3v) is 7.19. The summed E-state index contributed by atoms with van der Waals surface area (Å²) in [4.78, 5) is 31.2. The van der Waals surface area contributed by atoms with Crippen LogP contribution in [0.25, 0.3) is 16.9 Å². The normalized spacial score (nSPS) is 15.6. The predicted molar refractivity (Wildman–Crippen MR) is 153 cm³/mol. The average molecular weight is 641 g/mol. The Hall–Kier alpha value is -4.51. The van der Waals surface area contributed by atoms with Crippen molar-refractivity contribution in [2.75, 3.05) is 36.8 Å². The van der Waals surface area contributed by atoms with E-state index < -0.39 is 23.2 Å². The van der Waals surface area contributed by atoms with Gasteiger partial charge in [-0.2, -0.15) is 18.2 Å². The summed E-state index contributed by atoms with van der Waals surface area (Å²) in [5, 5.41) is 5.71. The topological polar surface area (TPSA) is 141 Å². The zero-order valence-corrected chi connectivity index (χ0v) is 24.0. The van der Waals surface area contributed by atoms with Crippen LogP contribution in [0.1, 0.15) is 17.7 Å². The highest BCUT2D eigenvalue weighted by atomic mass is 35.5. The first-order chi connectivity index (χ1) is 20.8. The summed E-state index contributed by atoms with van der Waals surface area (Å²) >= 11 is 6.61. The van der Waals surface area contributed by atoms with Gasteiger partial charge in [-0.15, -0.1) is 0 Å². The van der Waals surface area contributed by atoms with E-state index in [1.54, 1.807) is 4.90 Å². The Bertz CT molecular complexity index is 1770. The van der Waals surface area contributed by atoms with Gasteiger partial charge in [0.25, 0.3) is 11.5 Å². The van der Waals surface area contributed by atoms with Crippen LogP contribution >= 0.6 is 11.6 Å². The maximum Gasteiger partial charge on any atom is 0.417 e. The number of anilines is 3. The van der Waals surface area contributed by atoms with Crippen LogP contribution in [0.4, 0.5) is 39.4 Å². The molecule has 0 atom stereocenters. The molecule has 0 amide bonds. The summed E-state index contributed by atoms with van der Waals surface area (Å²) < 4.78 is 74.7. The molecular weight excluding hydrogens is 615 g/mol. The van der Waals surface area contributed by atoms with Gasteiger partial charge in [0.1, 0.15) is 27.7 Å². The Kier molecular flexibility index (Phi) is 8.35. The van der Waals surface area contributed by atoms with Crippen LogP contribution in [-0.4, -0.2) is 66.1 Å². The van der Waals surface area contributed by atoms with Gasteiger partial charge in [-0.25, -0.2) is 23.7 Å². The van der Waals surface area contributed by atoms with Crippen molar-refractivity contribution in [3.63, 3.8) is 0 Å². The van der Waals surface area contributed by atoms with Crippen molar-refractivity contribution in [2.45, 2.75) is 18.5 Å². The molecule has 1 fully saturated rings. The number of rotatable bonds is 9. The Balaban J connectivity index is 1.30. The second-order valence-electron chi connectivity index (χ2n) is 10.0. The number of halogens is 6. The number of ether oxygens (including phenoxy) is 1. The number of nitrogens with two attached hydrogens (primary N) is 1. The molecule has 4 N–H and O–H groups in total. The van der Waals surface area contributed by atoms with E-state index in [2.05, 4.69) is 30.6 Å². The molecule has 0 aromatic carbocycles. The molecule has 1 saturated heterocycles. The Morgan fingerprint density at radius 3 is 2.61 bits per heavy atom. The average Bonchev–Trinajstić information content (AvgIpc) is 3.48. The minimum absolute atomic E-state index is 0.00460. The van der Waals surface area contributed by atoms with Crippen molar-refractivity contribution in [2.24, 2.45) is 19.8 Å². The van der Waals surface area contributed by atoms with Gasteiger partial charge in [0.05, 0.1) is 30.7 Å². The third-order valence-electron chi connectivity index (χ3n) is 6.82. The molecule has 5 rings (SSSR count). The zero-order chi connectivity index (χ0) is 31.8. The van der Waals surface area contributed by atoms with E-state index in [1.807, 2.05) is 0 Å². The number of hydrogen-bond donors (Lipinski definition) is 3. The highest BCUT2D eigenvalue weighted by molar-refractivity contribution is 6.36. The second kappa shape index (κ2) is 11.9. The number of aromatic nitrogens is 6. The number of likely N-dealkylation sites (tertiary alicyclic amines) is 1. The van der Waals surface area contributed by atoms with Crippen molar-refractivity contribution < 1.29 is 26.7 Å². The van der Waals surface area contributed by atoms with Crippen LogP contribution in [0.3, 0.4) is 0 Å². The molecule has 44 heavy (non-hydrogen) atoms. The summed E-state index contributed by atoms with van der Waals surface area (Å²) in [7, 11) is 2.73. The SMILES string of the molecule is Cn1cc(C(F)(F)F)cc(Nc2nc3ncc(OC(=CN)c4cnc(NCCN5CCC(F)(F)C5)cn4)c(Cl)c3n2C)c1=O. The van der Waals surface area contributed by atoms with Crippen molar-refractivity contribution in [1.82, 2.24) is 34.0 Å². The van der Waals surface area contributed by atoms with Crippen LogP contribution in [0.5, 0.6) is 5.75 Å². The van der Waals surface area contributed by atoms with Gasteiger partial charge in [0.15, 0.2) is 17.2 Å². The van der Waals surface area contributed by atoms with Crippen LogP contribution in [0.2, 0.25) is 5.02 Å². The lowest BCUT2D eigenvalue weighted by Crippen LogP contribution is -2.29. The number of fused-ring (bicyclic) bond motifs is 1. The van der Waals surface area contributed by atoms with Gasteiger partial charge in [-0.3, -0.25) is 9.69 Å². The first-order valence-electron chi connectivity index (χ1n) is 13.1. The minimum Gasteiger partial charge on any atom is -0.450 e. The fraction of sp³-hybridized carbons (Fsp3) is 0.346. The molecule has 5 heterocycles. The predicted octanol–water partition coefficient (Wildman–Crippen LogP) is 3.96. The number of nitrogens with zero attached hydrogens (tertiary/aromatic N) is 7. The Morgan fingerprint density at radius 2 is 1.98 bits per heavy atom. The molecule has 1 aliphatic heterocycles. The largest absolute Gasteiger partial charge is 0.450 e. The van der Waals surface area contributed by atoms with Crippen molar-refractivity contribution in [3.05, 3.63) is 63.7 Å². The zero-order valence-electron chi connectivity index (χ0n) is 23.3. The molecule has 0 radical (unpaired) electrons. The van der Waals surface area contributed by atoms with E-state index in [1.165, 1.54) is 37.3 Å². The summed E-state index contributed by atoms with van der Waals surface area (Å²) in [6.45, 7) is 0.880. The lowest BCUT2D eigenvalue weighted by molar-refractivity contribution is -0.138. The summed E-state index contributed by atoms with van der Waals surface area (Å²) in [5.74, 6) is -2.09. The Labute approximate surface area is 251 Å². The summed E-state index contributed by atoms with van der Waals surface area (Å²) in [6, 6.07) is 0.695. The lowest BCUT2D eigenvalue weighted by atomic mass is 10.2. The summed E-state index contributed by atoms with van der Waals surface area (Å²) in [5.41, 5.74) is 4.34. The van der Waals surface area contributed by atoms with Crippen LogP contribution < -0.4 is 26.7 Å². The number of alkyl halides is 5. The third kappa shape index (κ3) is 6.52. The molecule has 4 aromatic heterocycles. The molecule has 0 unspecified atom stereocenters. The Morgan fingerprint density at radius 1 is 1.20 bits per heavy atom. The molecule has 18 heteroatoms. The van der Waals surface area contributed by atoms with Gasteiger partial charge in [-0.05, 0) is 6.07 Å². The lowest BCUT2D eigenvalue weighted by Gasteiger charge is -2.16. The van der Waals surface area contributed by atoms with E-state index in [-0.39, 0.29) is 58.0 Å². The van der Waals surface area contributed by atoms with Crippen molar-refractivity contribution in [3.8, 4) is 5.75 Å². The molecule has 0 bridgehead atoms. The van der Waals surface area contributed by atoms with Gasteiger partial charge in [0.2, 0.25) is 5.95 Å². The highest BCUT2D eigenvalue weighted by Crippen LogP contribution is 2.35. The molecule has 0 saturated carbocycles. The standard InChI is InChI=1S/C26H26ClF5N10O2/c1-40-12-14(26(30,31)32)7-15(23(40)43)38-24-39-22-21(41(24)2)20(27)18(10-37-22)44-17(8-33)16-9-36-19(11-35-16)34-4-6-42-5-3-25(28,29)13-42/h7-12H,3-6,13,33H2,1-2H3,(H,34,36)(H,37,38,39). The van der Waals surface area contributed by atoms with Crippen LogP contribution in [0, 0.1) is 0 Å². The van der Waals surface area contributed by atoms with Crippen LogP contribution in [-0.2, 0) is 20.3 Å².